The van der Waals surface area contributed by atoms with E-state index in [2.05, 4.69) is 5.32 Å². The van der Waals surface area contributed by atoms with Crippen LogP contribution in [0.3, 0.4) is 0 Å². The van der Waals surface area contributed by atoms with Crippen LogP contribution < -0.4 is 15.0 Å². The highest BCUT2D eigenvalue weighted by molar-refractivity contribution is 5.97. The van der Waals surface area contributed by atoms with Crippen molar-refractivity contribution in [2.24, 2.45) is 0 Å². The summed E-state index contributed by atoms with van der Waals surface area (Å²) in [7, 11) is 1.53. The molecule has 1 heterocycles. The summed E-state index contributed by atoms with van der Waals surface area (Å²) in [6, 6.07) is 16.5. The molecule has 0 bridgehead atoms. The van der Waals surface area contributed by atoms with E-state index in [4.69, 9.17) is 9.47 Å². The average molecular weight is 340 g/mol. The smallest absolute Gasteiger partial charge is 0.255 e. The first-order chi connectivity index (χ1) is 12.2. The van der Waals surface area contributed by atoms with Crippen LogP contribution in [0, 0.1) is 0 Å². The highest BCUT2D eigenvalue weighted by Gasteiger charge is 2.27. The zero-order chi connectivity index (χ0) is 17.6. The normalized spacial score (nSPS) is 17.2. The minimum Gasteiger partial charge on any atom is -0.496 e. The molecule has 2 aromatic rings. The highest BCUT2D eigenvalue weighted by atomic mass is 16.5. The molecular weight excluding hydrogens is 320 g/mol. The molecule has 0 radical (unpaired) electrons. The van der Waals surface area contributed by atoms with E-state index < -0.39 is 0 Å². The van der Waals surface area contributed by atoms with Crippen molar-refractivity contribution >= 4 is 17.5 Å². The third kappa shape index (κ3) is 3.97. The van der Waals surface area contributed by atoms with Gasteiger partial charge in [0.1, 0.15) is 12.4 Å². The Morgan fingerprint density at radius 1 is 1.20 bits per heavy atom. The van der Waals surface area contributed by atoms with Gasteiger partial charge in [-0.2, -0.15) is 0 Å². The second-order valence-corrected chi connectivity index (χ2v) is 5.68. The zero-order valence-corrected chi connectivity index (χ0v) is 14.0. The second kappa shape index (κ2) is 7.81. The van der Waals surface area contributed by atoms with Crippen molar-refractivity contribution in [1.29, 1.82) is 0 Å². The van der Waals surface area contributed by atoms with Gasteiger partial charge in [0.25, 0.3) is 11.8 Å². The van der Waals surface area contributed by atoms with Crippen LogP contribution in [0.2, 0.25) is 0 Å². The number of ether oxygens (including phenoxy) is 2. The summed E-state index contributed by atoms with van der Waals surface area (Å²) in [5.41, 5.74) is 1.30. The van der Waals surface area contributed by atoms with Crippen molar-refractivity contribution in [1.82, 2.24) is 5.32 Å². The van der Waals surface area contributed by atoms with Crippen LogP contribution in [-0.4, -0.2) is 44.7 Å². The van der Waals surface area contributed by atoms with E-state index in [0.29, 0.717) is 24.4 Å². The average Bonchev–Trinajstić information content (AvgIpc) is 2.67. The Labute approximate surface area is 146 Å². The number of methoxy groups -OCH3 is 1. The highest BCUT2D eigenvalue weighted by Crippen LogP contribution is 2.19. The number of hydrogen-bond donors (Lipinski definition) is 1. The van der Waals surface area contributed by atoms with Gasteiger partial charge in [0.2, 0.25) is 0 Å². The Morgan fingerprint density at radius 2 is 1.92 bits per heavy atom. The second-order valence-electron chi connectivity index (χ2n) is 5.68. The van der Waals surface area contributed by atoms with Crippen LogP contribution in [0.15, 0.2) is 54.6 Å². The number of anilines is 1. The molecule has 2 amide bonds. The Bertz CT molecular complexity index is 748. The SMILES string of the molecule is COc1ccccc1C(=O)NCC1CN(c2ccccc2)C(=O)CO1. The van der Waals surface area contributed by atoms with Crippen LogP contribution in [0.25, 0.3) is 0 Å². The minimum atomic E-state index is -0.267. The molecule has 0 spiro atoms. The number of morpholine rings is 1. The van der Waals surface area contributed by atoms with Gasteiger partial charge in [-0.15, -0.1) is 0 Å². The third-order valence-corrected chi connectivity index (χ3v) is 4.04. The first-order valence-electron chi connectivity index (χ1n) is 8.07. The number of para-hydroxylation sites is 2. The van der Waals surface area contributed by atoms with E-state index in [0.717, 1.165) is 5.69 Å². The molecule has 1 unspecified atom stereocenters. The molecule has 1 aliphatic rings. The van der Waals surface area contributed by atoms with Crippen molar-refractivity contribution in [2.75, 3.05) is 31.7 Å². The van der Waals surface area contributed by atoms with Crippen molar-refractivity contribution in [3.05, 3.63) is 60.2 Å². The Hall–Kier alpha value is -2.86. The molecule has 6 nitrogen and oxygen atoms in total. The lowest BCUT2D eigenvalue weighted by atomic mass is 10.1. The fraction of sp³-hybridized carbons (Fsp3) is 0.263. The van der Waals surface area contributed by atoms with E-state index in [9.17, 15) is 9.59 Å². The molecule has 1 saturated heterocycles. The van der Waals surface area contributed by atoms with Gasteiger partial charge in [-0.05, 0) is 24.3 Å². The van der Waals surface area contributed by atoms with E-state index in [1.54, 1.807) is 23.1 Å². The maximum absolute atomic E-state index is 12.4. The summed E-state index contributed by atoms with van der Waals surface area (Å²) in [5.74, 6) is 0.202. The van der Waals surface area contributed by atoms with E-state index in [1.807, 2.05) is 36.4 Å². The number of hydrogen-bond acceptors (Lipinski definition) is 4. The van der Waals surface area contributed by atoms with Crippen LogP contribution >= 0.6 is 0 Å². The predicted octanol–water partition coefficient (Wildman–Crippen LogP) is 1.86. The summed E-state index contributed by atoms with van der Waals surface area (Å²) in [5, 5.41) is 2.85. The summed E-state index contributed by atoms with van der Waals surface area (Å²) < 4.78 is 10.7. The summed E-state index contributed by atoms with van der Waals surface area (Å²) >= 11 is 0. The van der Waals surface area contributed by atoms with Gasteiger partial charge in [-0.3, -0.25) is 9.59 Å². The summed E-state index contributed by atoms with van der Waals surface area (Å²) in [4.78, 5) is 26.1. The molecule has 25 heavy (non-hydrogen) atoms. The van der Waals surface area contributed by atoms with Crippen LogP contribution in [0.4, 0.5) is 5.69 Å². The van der Waals surface area contributed by atoms with E-state index in [1.165, 1.54) is 7.11 Å². The fourth-order valence-corrected chi connectivity index (χ4v) is 2.74. The van der Waals surface area contributed by atoms with Crippen LogP contribution in [0.1, 0.15) is 10.4 Å². The van der Waals surface area contributed by atoms with Crippen molar-refractivity contribution in [3.63, 3.8) is 0 Å². The standard InChI is InChI=1S/C19H20N2O4/c1-24-17-10-6-5-9-16(17)19(23)20-11-15-12-21(18(22)13-25-15)14-7-3-2-4-8-14/h2-10,15H,11-13H2,1H3,(H,20,23). The number of rotatable bonds is 5. The van der Waals surface area contributed by atoms with Gasteiger partial charge < -0.3 is 19.7 Å². The van der Waals surface area contributed by atoms with Gasteiger partial charge in [0.05, 0.1) is 25.3 Å². The fourth-order valence-electron chi connectivity index (χ4n) is 2.74. The maximum atomic E-state index is 12.4. The largest absolute Gasteiger partial charge is 0.496 e. The number of amides is 2. The summed E-state index contributed by atoms with van der Waals surface area (Å²) in [6.45, 7) is 0.715. The van der Waals surface area contributed by atoms with Crippen LogP contribution in [-0.2, 0) is 9.53 Å². The van der Waals surface area contributed by atoms with Crippen LogP contribution in [0.5, 0.6) is 5.75 Å². The van der Waals surface area contributed by atoms with E-state index >= 15 is 0 Å². The quantitative estimate of drug-likeness (QED) is 0.902. The molecule has 0 aromatic heterocycles. The molecule has 3 rings (SSSR count). The monoisotopic (exact) mass is 340 g/mol. The molecular formula is C19H20N2O4. The molecule has 1 N–H and O–H groups in total. The van der Waals surface area contributed by atoms with Crippen molar-refractivity contribution < 1.29 is 19.1 Å². The van der Waals surface area contributed by atoms with Crippen molar-refractivity contribution in [2.45, 2.75) is 6.10 Å². The molecule has 1 atom stereocenters. The molecule has 1 fully saturated rings. The first kappa shape index (κ1) is 17.0. The molecule has 2 aromatic carbocycles. The molecule has 0 saturated carbocycles. The number of carbonyl (C=O) groups is 2. The molecule has 0 aliphatic carbocycles. The number of benzene rings is 2. The number of carbonyl (C=O) groups excluding carboxylic acids is 2. The zero-order valence-electron chi connectivity index (χ0n) is 14.0. The number of nitrogens with zero attached hydrogens (tertiary/aromatic N) is 1. The maximum Gasteiger partial charge on any atom is 0.255 e. The van der Waals surface area contributed by atoms with Gasteiger partial charge in [0.15, 0.2) is 0 Å². The molecule has 130 valence electrons. The lowest BCUT2D eigenvalue weighted by Gasteiger charge is -2.32. The third-order valence-electron chi connectivity index (χ3n) is 4.04. The Balaban J connectivity index is 1.62. The van der Waals surface area contributed by atoms with Gasteiger partial charge in [-0.25, -0.2) is 0 Å². The Morgan fingerprint density at radius 3 is 2.68 bits per heavy atom. The van der Waals surface area contributed by atoms with E-state index in [-0.39, 0.29) is 24.5 Å². The lowest BCUT2D eigenvalue weighted by Crippen LogP contribution is -2.50. The number of nitrogens with one attached hydrogen (secondary N) is 1. The minimum absolute atomic E-state index is 0.00406. The van der Waals surface area contributed by atoms with Gasteiger partial charge in [-0.1, -0.05) is 30.3 Å². The molecule has 6 heteroatoms. The predicted molar refractivity (Wildman–Crippen MR) is 93.9 cm³/mol. The summed E-state index contributed by atoms with van der Waals surface area (Å²) in [6.07, 6.45) is -0.267. The van der Waals surface area contributed by atoms with Gasteiger partial charge >= 0.3 is 0 Å². The van der Waals surface area contributed by atoms with Crippen molar-refractivity contribution in [3.8, 4) is 5.75 Å². The molecule has 1 aliphatic heterocycles. The first-order valence-corrected chi connectivity index (χ1v) is 8.07. The van der Waals surface area contributed by atoms with Gasteiger partial charge in [0, 0.05) is 12.2 Å². The topological polar surface area (TPSA) is 67.9 Å². The lowest BCUT2D eigenvalue weighted by molar-refractivity contribution is -0.129. The Kier molecular flexibility index (Phi) is 5.30.